The van der Waals surface area contributed by atoms with Crippen molar-refractivity contribution in [3.05, 3.63) is 0 Å². The fourth-order valence-electron chi connectivity index (χ4n) is 1.30. The van der Waals surface area contributed by atoms with Crippen molar-refractivity contribution in [3.8, 4) is 0 Å². The van der Waals surface area contributed by atoms with E-state index in [2.05, 4.69) is 18.9 Å². The van der Waals surface area contributed by atoms with Crippen molar-refractivity contribution in [2.24, 2.45) is 5.73 Å². The number of nitrogens with two attached hydrogens (primary N) is 1. The molecule has 0 rings (SSSR count). The molecule has 0 saturated heterocycles. The zero-order chi connectivity index (χ0) is 11.0. The van der Waals surface area contributed by atoms with E-state index in [0.29, 0.717) is 19.2 Å². The van der Waals surface area contributed by atoms with Gasteiger partial charge < -0.3 is 15.2 Å². The second-order valence-electron chi connectivity index (χ2n) is 3.56. The van der Waals surface area contributed by atoms with Crippen molar-refractivity contribution >= 4 is 0 Å². The van der Waals surface area contributed by atoms with Crippen molar-refractivity contribution in [2.75, 3.05) is 40.5 Å². The van der Waals surface area contributed by atoms with Gasteiger partial charge in [-0.3, -0.25) is 4.90 Å². The molecule has 0 aromatic carbocycles. The summed E-state index contributed by atoms with van der Waals surface area (Å²) in [5.74, 6) is 0. The third-order valence-electron chi connectivity index (χ3n) is 2.32. The number of likely N-dealkylation sites (N-methyl/N-ethyl adjacent to an activating group) is 1. The molecule has 2 N–H and O–H groups in total. The SMILES string of the molecule is CCOC(CN)CN(C)C(C)COC. The topological polar surface area (TPSA) is 47.7 Å². The van der Waals surface area contributed by atoms with Crippen molar-refractivity contribution in [1.29, 1.82) is 0 Å². The molecule has 86 valence electrons. The minimum atomic E-state index is 0.129. The number of nitrogens with zero attached hydrogens (tertiary/aromatic N) is 1. The van der Waals surface area contributed by atoms with E-state index in [4.69, 9.17) is 15.2 Å². The van der Waals surface area contributed by atoms with E-state index in [1.807, 2.05) is 6.92 Å². The lowest BCUT2D eigenvalue weighted by Crippen LogP contribution is -2.42. The van der Waals surface area contributed by atoms with Gasteiger partial charge in [0.15, 0.2) is 0 Å². The van der Waals surface area contributed by atoms with Crippen LogP contribution in [0, 0.1) is 0 Å². The van der Waals surface area contributed by atoms with Crippen LogP contribution >= 0.6 is 0 Å². The largest absolute Gasteiger partial charge is 0.383 e. The van der Waals surface area contributed by atoms with Crippen molar-refractivity contribution in [1.82, 2.24) is 4.90 Å². The number of hydrogen-bond acceptors (Lipinski definition) is 4. The first kappa shape index (κ1) is 13.8. The van der Waals surface area contributed by atoms with Crippen LogP contribution in [0.5, 0.6) is 0 Å². The Labute approximate surface area is 87.4 Å². The first-order chi connectivity index (χ1) is 6.65. The van der Waals surface area contributed by atoms with Crippen LogP contribution in [0.2, 0.25) is 0 Å². The lowest BCUT2D eigenvalue weighted by atomic mass is 10.2. The van der Waals surface area contributed by atoms with E-state index in [1.54, 1.807) is 7.11 Å². The van der Waals surface area contributed by atoms with Gasteiger partial charge in [-0.25, -0.2) is 0 Å². The predicted molar refractivity (Wildman–Crippen MR) is 58.4 cm³/mol. The van der Waals surface area contributed by atoms with Gasteiger partial charge >= 0.3 is 0 Å². The lowest BCUT2D eigenvalue weighted by Gasteiger charge is -2.27. The van der Waals surface area contributed by atoms with Crippen molar-refractivity contribution in [2.45, 2.75) is 26.0 Å². The molecule has 0 aromatic rings. The van der Waals surface area contributed by atoms with Crippen LogP contribution in [0.3, 0.4) is 0 Å². The van der Waals surface area contributed by atoms with Gasteiger partial charge in [-0.2, -0.15) is 0 Å². The quantitative estimate of drug-likeness (QED) is 0.618. The molecule has 0 aromatic heterocycles. The summed E-state index contributed by atoms with van der Waals surface area (Å²) >= 11 is 0. The van der Waals surface area contributed by atoms with Crippen molar-refractivity contribution < 1.29 is 9.47 Å². The molecule has 0 radical (unpaired) electrons. The minimum Gasteiger partial charge on any atom is -0.383 e. The summed E-state index contributed by atoms with van der Waals surface area (Å²) in [4.78, 5) is 2.21. The molecule has 0 aliphatic heterocycles. The first-order valence-corrected chi connectivity index (χ1v) is 5.16. The molecular formula is C10H24N2O2. The lowest BCUT2D eigenvalue weighted by molar-refractivity contribution is 0.0255. The molecule has 2 atom stereocenters. The molecule has 0 aliphatic carbocycles. The Morgan fingerprint density at radius 2 is 2.07 bits per heavy atom. The highest BCUT2D eigenvalue weighted by Crippen LogP contribution is 2.00. The van der Waals surface area contributed by atoms with Crippen LogP contribution in [-0.4, -0.2) is 57.5 Å². The number of ether oxygens (including phenoxy) is 2. The van der Waals surface area contributed by atoms with E-state index in [9.17, 15) is 0 Å². The summed E-state index contributed by atoms with van der Waals surface area (Å²) in [7, 11) is 3.78. The summed E-state index contributed by atoms with van der Waals surface area (Å²) in [5, 5.41) is 0. The van der Waals surface area contributed by atoms with Crippen LogP contribution in [0.1, 0.15) is 13.8 Å². The van der Waals surface area contributed by atoms with Gasteiger partial charge in [0.1, 0.15) is 0 Å². The van der Waals surface area contributed by atoms with Crippen LogP contribution in [0.15, 0.2) is 0 Å². The number of hydrogen-bond donors (Lipinski definition) is 1. The summed E-state index contributed by atoms with van der Waals surface area (Å²) in [6.45, 7) is 6.99. The molecule has 0 bridgehead atoms. The Balaban J connectivity index is 3.81. The molecule has 0 spiro atoms. The van der Waals surface area contributed by atoms with Crippen LogP contribution in [0.25, 0.3) is 0 Å². The van der Waals surface area contributed by atoms with Crippen molar-refractivity contribution in [3.63, 3.8) is 0 Å². The Morgan fingerprint density at radius 3 is 2.50 bits per heavy atom. The third-order valence-corrected chi connectivity index (χ3v) is 2.32. The highest BCUT2D eigenvalue weighted by atomic mass is 16.5. The van der Waals surface area contributed by atoms with E-state index < -0.39 is 0 Å². The second-order valence-corrected chi connectivity index (χ2v) is 3.56. The third kappa shape index (κ3) is 5.54. The van der Waals surface area contributed by atoms with Gasteiger partial charge in [0, 0.05) is 32.8 Å². The van der Waals surface area contributed by atoms with Gasteiger partial charge in [0.25, 0.3) is 0 Å². The van der Waals surface area contributed by atoms with E-state index in [1.165, 1.54) is 0 Å². The summed E-state index contributed by atoms with van der Waals surface area (Å²) < 4.78 is 10.6. The van der Waals surface area contributed by atoms with Gasteiger partial charge in [-0.05, 0) is 20.9 Å². The van der Waals surface area contributed by atoms with Crippen LogP contribution < -0.4 is 5.73 Å². The Bertz CT molecular complexity index is 133. The molecule has 4 nitrogen and oxygen atoms in total. The monoisotopic (exact) mass is 204 g/mol. The fraction of sp³-hybridized carbons (Fsp3) is 1.00. The molecule has 0 heterocycles. The smallest absolute Gasteiger partial charge is 0.0823 e. The minimum absolute atomic E-state index is 0.129. The Morgan fingerprint density at radius 1 is 1.43 bits per heavy atom. The first-order valence-electron chi connectivity index (χ1n) is 5.16. The van der Waals surface area contributed by atoms with Gasteiger partial charge in [-0.15, -0.1) is 0 Å². The number of methoxy groups -OCH3 is 1. The van der Waals surface area contributed by atoms with Crippen LogP contribution in [-0.2, 0) is 9.47 Å². The summed E-state index contributed by atoms with van der Waals surface area (Å²) in [6.07, 6.45) is 0.129. The molecule has 4 heteroatoms. The normalized spacial score (nSPS) is 15.9. The molecule has 14 heavy (non-hydrogen) atoms. The molecule has 2 unspecified atom stereocenters. The maximum atomic E-state index is 5.60. The predicted octanol–water partition coefficient (Wildman–Crippen LogP) is 0.317. The fourth-order valence-corrected chi connectivity index (χ4v) is 1.30. The Hall–Kier alpha value is -0.160. The average Bonchev–Trinajstić information content (AvgIpc) is 2.17. The van der Waals surface area contributed by atoms with Gasteiger partial charge in [0.05, 0.1) is 12.7 Å². The van der Waals surface area contributed by atoms with E-state index in [0.717, 1.165) is 13.2 Å². The molecular weight excluding hydrogens is 180 g/mol. The highest BCUT2D eigenvalue weighted by Gasteiger charge is 2.14. The van der Waals surface area contributed by atoms with E-state index >= 15 is 0 Å². The molecule has 0 amide bonds. The molecule has 0 saturated carbocycles. The number of rotatable bonds is 8. The second kappa shape index (κ2) is 8.17. The van der Waals surface area contributed by atoms with Crippen LogP contribution in [0.4, 0.5) is 0 Å². The Kier molecular flexibility index (Phi) is 8.08. The highest BCUT2D eigenvalue weighted by molar-refractivity contribution is 4.68. The maximum Gasteiger partial charge on any atom is 0.0823 e. The van der Waals surface area contributed by atoms with Gasteiger partial charge in [-0.1, -0.05) is 0 Å². The maximum absolute atomic E-state index is 5.60. The molecule has 0 fully saturated rings. The average molecular weight is 204 g/mol. The summed E-state index contributed by atoms with van der Waals surface area (Å²) in [5.41, 5.74) is 5.60. The standard InChI is InChI=1S/C10H24N2O2/c1-5-14-10(6-11)7-12(3)9(2)8-13-4/h9-10H,5-8,11H2,1-4H3. The molecule has 0 aliphatic rings. The van der Waals surface area contributed by atoms with E-state index in [-0.39, 0.29) is 6.10 Å². The summed E-state index contributed by atoms with van der Waals surface area (Å²) in [6, 6.07) is 0.398. The zero-order valence-corrected chi connectivity index (χ0v) is 9.82. The zero-order valence-electron chi connectivity index (χ0n) is 9.82. The van der Waals surface area contributed by atoms with Gasteiger partial charge in [0.2, 0.25) is 0 Å².